The van der Waals surface area contributed by atoms with Crippen LogP contribution in [0.2, 0.25) is 0 Å². The first kappa shape index (κ1) is 14.0. The Morgan fingerprint density at radius 3 is 3.05 bits per heavy atom. The standard InChI is InChI=1S/C17H21N3OS/c1-10-8-20-9-12(4-6-16(20)18-10)19-17(21)14-7-13(14)15-5-3-11(2)22-15/h3,5,8,12-14H,4,6-7,9H2,1-2H3,(H,19,21)/t12-,13-,14-/m0/s1. The molecule has 3 heterocycles. The van der Waals surface area contributed by atoms with Gasteiger partial charge in [-0.05, 0) is 38.8 Å². The van der Waals surface area contributed by atoms with Gasteiger partial charge in [0.1, 0.15) is 5.82 Å². The van der Waals surface area contributed by atoms with Crippen LogP contribution in [0.25, 0.3) is 0 Å². The molecule has 0 saturated heterocycles. The van der Waals surface area contributed by atoms with Crippen molar-refractivity contribution in [2.45, 2.75) is 51.6 Å². The van der Waals surface area contributed by atoms with Crippen molar-refractivity contribution in [3.63, 3.8) is 0 Å². The number of imidazole rings is 1. The molecule has 22 heavy (non-hydrogen) atoms. The number of carbonyl (C=O) groups excluding carboxylic acids is 1. The summed E-state index contributed by atoms with van der Waals surface area (Å²) < 4.78 is 2.19. The predicted octanol–water partition coefficient (Wildman–Crippen LogP) is 2.80. The molecular weight excluding hydrogens is 294 g/mol. The van der Waals surface area contributed by atoms with Gasteiger partial charge in [-0.1, -0.05) is 0 Å². The summed E-state index contributed by atoms with van der Waals surface area (Å²) in [6, 6.07) is 4.58. The monoisotopic (exact) mass is 315 g/mol. The van der Waals surface area contributed by atoms with Gasteiger partial charge in [0.15, 0.2) is 0 Å². The van der Waals surface area contributed by atoms with Crippen molar-refractivity contribution in [2.75, 3.05) is 0 Å². The molecule has 0 bridgehead atoms. The molecule has 5 heteroatoms. The highest BCUT2D eigenvalue weighted by atomic mass is 32.1. The van der Waals surface area contributed by atoms with Crippen LogP contribution in [0.1, 0.15) is 40.0 Å². The van der Waals surface area contributed by atoms with Crippen molar-refractivity contribution in [3.8, 4) is 0 Å². The number of hydrogen-bond donors (Lipinski definition) is 1. The smallest absolute Gasteiger partial charge is 0.224 e. The first-order chi connectivity index (χ1) is 10.6. The quantitative estimate of drug-likeness (QED) is 0.947. The lowest BCUT2D eigenvalue weighted by atomic mass is 10.1. The van der Waals surface area contributed by atoms with E-state index in [-0.39, 0.29) is 17.9 Å². The number of thiophene rings is 1. The van der Waals surface area contributed by atoms with Crippen molar-refractivity contribution < 1.29 is 4.79 Å². The van der Waals surface area contributed by atoms with Gasteiger partial charge in [-0.2, -0.15) is 0 Å². The maximum Gasteiger partial charge on any atom is 0.224 e. The van der Waals surface area contributed by atoms with E-state index in [1.807, 2.05) is 18.3 Å². The zero-order chi connectivity index (χ0) is 15.3. The van der Waals surface area contributed by atoms with E-state index in [1.54, 1.807) is 0 Å². The van der Waals surface area contributed by atoms with E-state index < -0.39 is 0 Å². The first-order valence-electron chi connectivity index (χ1n) is 7.99. The van der Waals surface area contributed by atoms with Gasteiger partial charge in [-0.25, -0.2) is 4.98 Å². The summed E-state index contributed by atoms with van der Waals surface area (Å²) in [5.41, 5.74) is 1.07. The van der Waals surface area contributed by atoms with Crippen molar-refractivity contribution in [2.24, 2.45) is 5.92 Å². The van der Waals surface area contributed by atoms with Gasteiger partial charge in [0.2, 0.25) is 5.91 Å². The van der Waals surface area contributed by atoms with E-state index in [0.29, 0.717) is 5.92 Å². The number of aromatic nitrogens is 2. The van der Waals surface area contributed by atoms with E-state index in [4.69, 9.17) is 0 Å². The van der Waals surface area contributed by atoms with E-state index in [2.05, 4.69) is 40.1 Å². The van der Waals surface area contributed by atoms with E-state index >= 15 is 0 Å². The Bertz CT molecular complexity index is 717. The number of nitrogens with zero attached hydrogens (tertiary/aromatic N) is 2. The lowest BCUT2D eigenvalue weighted by molar-refractivity contribution is -0.123. The van der Waals surface area contributed by atoms with Gasteiger partial charge in [0.25, 0.3) is 0 Å². The second-order valence-corrected chi connectivity index (χ2v) is 7.91. The third kappa shape index (κ3) is 2.58. The average molecular weight is 315 g/mol. The topological polar surface area (TPSA) is 46.9 Å². The highest BCUT2D eigenvalue weighted by Gasteiger charge is 2.45. The number of aryl methyl sites for hydroxylation is 3. The Morgan fingerprint density at radius 2 is 2.27 bits per heavy atom. The molecule has 0 spiro atoms. The summed E-state index contributed by atoms with van der Waals surface area (Å²) in [4.78, 5) is 19.7. The van der Waals surface area contributed by atoms with E-state index in [9.17, 15) is 4.79 Å². The van der Waals surface area contributed by atoms with Gasteiger partial charge in [0.05, 0.1) is 5.69 Å². The maximum absolute atomic E-state index is 12.4. The first-order valence-corrected chi connectivity index (χ1v) is 8.81. The highest BCUT2D eigenvalue weighted by molar-refractivity contribution is 7.12. The zero-order valence-corrected chi connectivity index (χ0v) is 13.8. The Kier molecular flexibility index (Phi) is 3.33. The molecule has 1 N–H and O–H groups in total. The Morgan fingerprint density at radius 1 is 1.41 bits per heavy atom. The van der Waals surface area contributed by atoms with Crippen LogP contribution in [0.3, 0.4) is 0 Å². The Hall–Kier alpha value is -1.62. The molecule has 1 amide bonds. The highest BCUT2D eigenvalue weighted by Crippen LogP contribution is 2.49. The minimum Gasteiger partial charge on any atom is -0.351 e. The van der Waals surface area contributed by atoms with Crippen molar-refractivity contribution >= 4 is 17.2 Å². The summed E-state index contributed by atoms with van der Waals surface area (Å²) in [7, 11) is 0. The summed E-state index contributed by atoms with van der Waals surface area (Å²) in [5.74, 6) is 2.03. The molecule has 116 valence electrons. The summed E-state index contributed by atoms with van der Waals surface area (Å²) in [6.07, 6.45) is 5.05. The maximum atomic E-state index is 12.4. The van der Waals surface area contributed by atoms with Crippen LogP contribution >= 0.6 is 11.3 Å². The molecule has 1 aliphatic heterocycles. The molecule has 0 aromatic carbocycles. The van der Waals surface area contributed by atoms with Gasteiger partial charge in [-0.3, -0.25) is 4.79 Å². The molecule has 2 aromatic heterocycles. The SMILES string of the molecule is Cc1cn2c(n1)CC[C@H](NC(=O)[C@H]1C[C@@H]1c1ccc(C)s1)C2. The fourth-order valence-electron chi connectivity index (χ4n) is 3.46. The van der Waals surface area contributed by atoms with Gasteiger partial charge in [0, 0.05) is 46.8 Å². The summed E-state index contributed by atoms with van der Waals surface area (Å²) >= 11 is 1.83. The normalized spacial score (nSPS) is 26.5. The van der Waals surface area contributed by atoms with Crippen LogP contribution in [0.4, 0.5) is 0 Å². The molecule has 4 nitrogen and oxygen atoms in total. The molecule has 2 aromatic rings. The van der Waals surface area contributed by atoms with Crippen LogP contribution in [-0.4, -0.2) is 21.5 Å². The fourth-order valence-corrected chi connectivity index (χ4v) is 4.52. The van der Waals surface area contributed by atoms with E-state index in [1.165, 1.54) is 9.75 Å². The molecule has 3 atom stereocenters. The van der Waals surface area contributed by atoms with Crippen LogP contribution in [0.15, 0.2) is 18.3 Å². The van der Waals surface area contributed by atoms with E-state index in [0.717, 1.165) is 37.3 Å². The van der Waals surface area contributed by atoms with Crippen LogP contribution in [-0.2, 0) is 17.8 Å². The lowest BCUT2D eigenvalue weighted by Gasteiger charge is -2.24. The van der Waals surface area contributed by atoms with Crippen molar-refractivity contribution in [1.82, 2.24) is 14.9 Å². The number of hydrogen-bond acceptors (Lipinski definition) is 3. The molecule has 1 aliphatic carbocycles. The largest absolute Gasteiger partial charge is 0.351 e. The fraction of sp³-hybridized carbons (Fsp3) is 0.529. The minimum atomic E-state index is 0.184. The number of rotatable bonds is 3. The number of amides is 1. The minimum absolute atomic E-state index is 0.184. The molecule has 2 aliphatic rings. The Labute approximate surface area is 134 Å². The van der Waals surface area contributed by atoms with Crippen molar-refractivity contribution in [1.29, 1.82) is 0 Å². The van der Waals surface area contributed by atoms with Gasteiger partial charge < -0.3 is 9.88 Å². The summed E-state index contributed by atoms with van der Waals surface area (Å²) in [5, 5.41) is 3.25. The third-order valence-electron chi connectivity index (χ3n) is 4.71. The number of nitrogens with one attached hydrogen (secondary N) is 1. The van der Waals surface area contributed by atoms with Crippen LogP contribution in [0, 0.1) is 19.8 Å². The second kappa shape index (κ2) is 5.23. The molecule has 4 rings (SSSR count). The van der Waals surface area contributed by atoms with Gasteiger partial charge in [-0.15, -0.1) is 11.3 Å². The molecular formula is C17H21N3OS. The molecule has 1 saturated carbocycles. The lowest BCUT2D eigenvalue weighted by Crippen LogP contribution is -2.41. The van der Waals surface area contributed by atoms with Gasteiger partial charge >= 0.3 is 0 Å². The predicted molar refractivity (Wildman–Crippen MR) is 87.1 cm³/mol. The zero-order valence-electron chi connectivity index (χ0n) is 13.0. The average Bonchev–Trinajstić information content (AvgIpc) is 3.03. The molecule has 0 unspecified atom stereocenters. The number of carbonyl (C=O) groups is 1. The third-order valence-corrected chi connectivity index (χ3v) is 5.85. The number of fused-ring (bicyclic) bond motifs is 1. The van der Waals surface area contributed by atoms with Crippen molar-refractivity contribution in [3.05, 3.63) is 39.6 Å². The summed E-state index contributed by atoms with van der Waals surface area (Å²) in [6.45, 7) is 5.01. The van der Waals surface area contributed by atoms with Crippen LogP contribution in [0.5, 0.6) is 0 Å². The van der Waals surface area contributed by atoms with Crippen LogP contribution < -0.4 is 5.32 Å². The second-order valence-electron chi connectivity index (χ2n) is 6.59. The molecule has 1 fully saturated rings. The molecule has 0 radical (unpaired) electrons. The Balaban J connectivity index is 1.36.